The van der Waals surface area contributed by atoms with Crippen molar-refractivity contribution in [1.29, 1.82) is 0 Å². The highest BCUT2D eigenvalue weighted by Crippen LogP contribution is 2.26. The smallest absolute Gasteiger partial charge is 0.121 e. The summed E-state index contributed by atoms with van der Waals surface area (Å²) in [6, 6.07) is 4.38. The lowest BCUT2D eigenvalue weighted by atomic mass is 9.95. The maximum Gasteiger partial charge on any atom is 0.121 e. The molecule has 3 heteroatoms. The van der Waals surface area contributed by atoms with Crippen LogP contribution in [0.2, 0.25) is 0 Å². The molecule has 0 N–H and O–H groups in total. The summed E-state index contributed by atoms with van der Waals surface area (Å²) in [5.74, 6) is 0. The van der Waals surface area contributed by atoms with E-state index in [9.17, 15) is 4.79 Å². The number of nitrogens with zero attached hydrogens (tertiary/aromatic N) is 1. The standard InChI is InChI=1S/C13H16BrNO/c1-10-7-12(14)8-11-9-15(4-2-6-16)5-3-13(10)11/h6-8H,2-5,9H2,1H3. The van der Waals surface area contributed by atoms with E-state index >= 15 is 0 Å². The molecule has 0 aromatic heterocycles. The Labute approximate surface area is 105 Å². The lowest BCUT2D eigenvalue weighted by molar-refractivity contribution is -0.108. The first-order valence-corrected chi connectivity index (χ1v) is 6.44. The average molecular weight is 282 g/mol. The summed E-state index contributed by atoms with van der Waals surface area (Å²) < 4.78 is 1.15. The molecular weight excluding hydrogens is 266 g/mol. The van der Waals surface area contributed by atoms with Crippen molar-refractivity contribution in [2.24, 2.45) is 0 Å². The van der Waals surface area contributed by atoms with Crippen molar-refractivity contribution in [1.82, 2.24) is 4.90 Å². The SMILES string of the molecule is Cc1cc(Br)cc2c1CCN(CCC=O)C2. The number of carbonyl (C=O) groups is 1. The van der Waals surface area contributed by atoms with Gasteiger partial charge >= 0.3 is 0 Å². The summed E-state index contributed by atoms with van der Waals surface area (Å²) in [4.78, 5) is 12.7. The van der Waals surface area contributed by atoms with E-state index in [-0.39, 0.29) is 0 Å². The fourth-order valence-electron chi connectivity index (χ4n) is 2.36. The molecule has 0 unspecified atom stereocenters. The Hall–Kier alpha value is -0.670. The fourth-order valence-corrected chi connectivity index (χ4v) is 2.98. The van der Waals surface area contributed by atoms with Crippen molar-refractivity contribution < 1.29 is 4.79 Å². The van der Waals surface area contributed by atoms with Crippen molar-refractivity contribution in [2.45, 2.75) is 26.3 Å². The number of aldehydes is 1. The van der Waals surface area contributed by atoms with Gasteiger partial charge in [0.2, 0.25) is 0 Å². The average Bonchev–Trinajstić information content (AvgIpc) is 2.25. The van der Waals surface area contributed by atoms with Gasteiger partial charge in [0.1, 0.15) is 6.29 Å². The maximum atomic E-state index is 10.4. The first kappa shape index (κ1) is 11.8. The molecular formula is C13H16BrNO. The molecule has 0 amide bonds. The molecule has 2 nitrogen and oxygen atoms in total. The third-order valence-electron chi connectivity index (χ3n) is 3.17. The fraction of sp³-hybridized carbons (Fsp3) is 0.462. The minimum Gasteiger partial charge on any atom is -0.303 e. The maximum absolute atomic E-state index is 10.4. The third kappa shape index (κ3) is 2.53. The molecule has 1 aliphatic rings. The van der Waals surface area contributed by atoms with E-state index in [1.807, 2.05) is 0 Å². The zero-order chi connectivity index (χ0) is 11.5. The lowest BCUT2D eigenvalue weighted by Gasteiger charge is -2.29. The van der Waals surface area contributed by atoms with E-state index in [0.717, 1.165) is 36.8 Å². The minimum atomic E-state index is 0.641. The molecule has 0 spiro atoms. The third-order valence-corrected chi connectivity index (χ3v) is 3.62. The molecule has 0 saturated carbocycles. The summed E-state index contributed by atoms with van der Waals surface area (Å²) in [7, 11) is 0. The number of hydrogen-bond acceptors (Lipinski definition) is 2. The summed E-state index contributed by atoms with van der Waals surface area (Å²) in [5.41, 5.74) is 4.27. The number of aryl methyl sites for hydroxylation is 1. The molecule has 0 bridgehead atoms. The van der Waals surface area contributed by atoms with E-state index in [4.69, 9.17) is 0 Å². The Kier molecular flexibility index (Phi) is 3.77. The van der Waals surface area contributed by atoms with Crippen LogP contribution in [0.5, 0.6) is 0 Å². The quantitative estimate of drug-likeness (QED) is 0.794. The van der Waals surface area contributed by atoms with Crippen molar-refractivity contribution in [2.75, 3.05) is 13.1 Å². The monoisotopic (exact) mass is 281 g/mol. The van der Waals surface area contributed by atoms with Gasteiger partial charge in [-0.3, -0.25) is 4.90 Å². The molecule has 0 radical (unpaired) electrons. The highest BCUT2D eigenvalue weighted by atomic mass is 79.9. The van der Waals surface area contributed by atoms with E-state index in [1.54, 1.807) is 0 Å². The first-order valence-electron chi connectivity index (χ1n) is 5.64. The number of halogens is 1. The second kappa shape index (κ2) is 5.11. The van der Waals surface area contributed by atoms with Crippen LogP contribution in [-0.2, 0) is 17.8 Å². The van der Waals surface area contributed by atoms with E-state index < -0.39 is 0 Å². The Balaban J connectivity index is 2.16. The molecule has 16 heavy (non-hydrogen) atoms. The molecule has 1 aliphatic heterocycles. The molecule has 2 rings (SSSR count). The van der Waals surface area contributed by atoms with Crippen LogP contribution in [0.3, 0.4) is 0 Å². The van der Waals surface area contributed by atoms with Crippen LogP contribution >= 0.6 is 15.9 Å². The minimum absolute atomic E-state index is 0.641. The molecule has 1 heterocycles. The van der Waals surface area contributed by atoms with Gasteiger partial charge in [-0.1, -0.05) is 15.9 Å². The van der Waals surface area contributed by atoms with Gasteiger partial charge in [0.05, 0.1) is 0 Å². The number of carbonyl (C=O) groups excluding carboxylic acids is 1. The predicted molar refractivity (Wildman–Crippen MR) is 68.5 cm³/mol. The predicted octanol–water partition coefficient (Wildman–Crippen LogP) is 2.70. The van der Waals surface area contributed by atoms with E-state index in [0.29, 0.717) is 6.42 Å². The van der Waals surface area contributed by atoms with Gasteiger partial charge in [-0.25, -0.2) is 0 Å². The highest BCUT2D eigenvalue weighted by molar-refractivity contribution is 9.10. The van der Waals surface area contributed by atoms with Crippen LogP contribution in [0.1, 0.15) is 23.1 Å². The largest absolute Gasteiger partial charge is 0.303 e. The molecule has 0 saturated heterocycles. The van der Waals surface area contributed by atoms with Crippen LogP contribution in [0.4, 0.5) is 0 Å². The molecule has 0 fully saturated rings. The van der Waals surface area contributed by atoms with Crippen LogP contribution in [0.25, 0.3) is 0 Å². The first-order chi connectivity index (χ1) is 7.70. The van der Waals surface area contributed by atoms with Gasteiger partial charge in [0.15, 0.2) is 0 Å². The molecule has 0 atom stereocenters. The Morgan fingerprint density at radius 1 is 1.50 bits per heavy atom. The molecule has 0 aliphatic carbocycles. The molecule has 86 valence electrons. The van der Waals surface area contributed by atoms with Crippen LogP contribution in [0, 0.1) is 6.92 Å². The zero-order valence-electron chi connectivity index (χ0n) is 9.50. The van der Waals surface area contributed by atoms with Crippen molar-refractivity contribution >= 4 is 22.2 Å². The van der Waals surface area contributed by atoms with Crippen LogP contribution in [0.15, 0.2) is 16.6 Å². The van der Waals surface area contributed by atoms with E-state index in [2.05, 4.69) is 39.9 Å². The van der Waals surface area contributed by atoms with Gasteiger partial charge < -0.3 is 4.79 Å². The van der Waals surface area contributed by atoms with Gasteiger partial charge in [-0.05, 0) is 42.2 Å². The number of benzene rings is 1. The van der Waals surface area contributed by atoms with Crippen LogP contribution in [-0.4, -0.2) is 24.3 Å². The van der Waals surface area contributed by atoms with E-state index in [1.165, 1.54) is 16.7 Å². The Morgan fingerprint density at radius 3 is 3.06 bits per heavy atom. The Morgan fingerprint density at radius 2 is 2.31 bits per heavy atom. The van der Waals surface area contributed by atoms with Gasteiger partial charge in [-0.15, -0.1) is 0 Å². The highest BCUT2D eigenvalue weighted by Gasteiger charge is 2.17. The van der Waals surface area contributed by atoms with Gasteiger partial charge in [0, 0.05) is 30.5 Å². The summed E-state index contributed by atoms with van der Waals surface area (Å²) in [6.07, 6.45) is 2.75. The lowest BCUT2D eigenvalue weighted by Crippen LogP contribution is -2.31. The van der Waals surface area contributed by atoms with Gasteiger partial charge in [0.25, 0.3) is 0 Å². The summed E-state index contributed by atoms with van der Waals surface area (Å²) in [5, 5.41) is 0. The van der Waals surface area contributed by atoms with Crippen molar-refractivity contribution in [3.8, 4) is 0 Å². The number of rotatable bonds is 3. The van der Waals surface area contributed by atoms with Gasteiger partial charge in [-0.2, -0.15) is 0 Å². The second-order valence-electron chi connectivity index (χ2n) is 4.34. The molecule has 1 aromatic rings. The normalized spacial score (nSPS) is 15.9. The summed E-state index contributed by atoms with van der Waals surface area (Å²) in [6.45, 7) is 5.10. The second-order valence-corrected chi connectivity index (χ2v) is 5.26. The molecule has 1 aromatic carbocycles. The zero-order valence-corrected chi connectivity index (χ0v) is 11.1. The van der Waals surface area contributed by atoms with Crippen molar-refractivity contribution in [3.05, 3.63) is 33.3 Å². The summed E-state index contributed by atoms with van der Waals surface area (Å²) >= 11 is 3.54. The van der Waals surface area contributed by atoms with Crippen LogP contribution < -0.4 is 0 Å². The van der Waals surface area contributed by atoms with Crippen molar-refractivity contribution in [3.63, 3.8) is 0 Å². The Bertz CT molecular complexity index is 403. The number of hydrogen-bond donors (Lipinski definition) is 0. The topological polar surface area (TPSA) is 20.3 Å². The number of fused-ring (bicyclic) bond motifs is 1.